The summed E-state index contributed by atoms with van der Waals surface area (Å²) < 4.78 is 12.4. The molecule has 0 saturated carbocycles. The fraction of sp³-hybridized carbons (Fsp3) is 0.120. The van der Waals surface area contributed by atoms with E-state index in [9.17, 15) is 10.1 Å². The maximum atomic E-state index is 12.6. The zero-order valence-electron chi connectivity index (χ0n) is 17.3. The van der Waals surface area contributed by atoms with Gasteiger partial charge in [0.05, 0.1) is 11.1 Å². The summed E-state index contributed by atoms with van der Waals surface area (Å²) in [6.45, 7) is 2.68. The van der Waals surface area contributed by atoms with Crippen LogP contribution >= 0.6 is 27.5 Å². The van der Waals surface area contributed by atoms with Gasteiger partial charge in [-0.05, 0) is 76.5 Å². The first-order valence-corrected chi connectivity index (χ1v) is 11.0. The molecule has 0 aliphatic carbocycles. The molecule has 3 aromatic rings. The average Bonchev–Trinajstić information content (AvgIpc) is 2.79. The number of anilines is 1. The van der Waals surface area contributed by atoms with Crippen LogP contribution in [0.15, 0.2) is 76.8 Å². The third-order valence-corrected chi connectivity index (χ3v) is 5.18. The molecule has 1 N–H and O–H groups in total. The monoisotopic (exact) mass is 510 g/mol. The second-order valence-corrected chi connectivity index (χ2v) is 7.96. The van der Waals surface area contributed by atoms with Gasteiger partial charge in [-0.15, -0.1) is 0 Å². The molecule has 0 aliphatic heterocycles. The van der Waals surface area contributed by atoms with Crippen molar-refractivity contribution >= 4 is 45.2 Å². The third kappa shape index (κ3) is 6.36. The highest BCUT2D eigenvalue weighted by atomic mass is 79.9. The highest BCUT2D eigenvalue weighted by Gasteiger charge is 2.15. The second-order valence-electron chi connectivity index (χ2n) is 6.67. The number of rotatable bonds is 8. The largest absolute Gasteiger partial charge is 0.490 e. The Hall–Kier alpha value is -3.27. The maximum absolute atomic E-state index is 12.6. The van der Waals surface area contributed by atoms with Gasteiger partial charge in [-0.2, -0.15) is 5.26 Å². The summed E-state index contributed by atoms with van der Waals surface area (Å²) in [4.78, 5) is 12.6. The molecule has 0 spiro atoms. The Bertz CT molecular complexity index is 1160. The van der Waals surface area contributed by atoms with Gasteiger partial charge in [0.25, 0.3) is 5.91 Å². The summed E-state index contributed by atoms with van der Waals surface area (Å²) in [5.41, 5.74) is 2.14. The van der Waals surface area contributed by atoms with Crippen LogP contribution in [0.2, 0.25) is 5.02 Å². The van der Waals surface area contributed by atoms with E-state index in [0.717, 1.165) is 5.56 Å². The van der Waals surface area contributed by atoms with Crippen LogP contribution in [0.25, 0.3) is 6.08 Å². The first kappa shape index (κ1) is 23.4. The fourth-order valence-electron chi connectivity index (χ4n) is 2.85. The van der Waals surface area contributed by atoms with E-state index in [1.807, 2.05) is 43.3 Å². The summed E-state index contributed by atoms with van der Waals surface area (Å²) in [5.74, 6) is 0.546. The van der Waals surface area contributed by atoms with Gasteiger partial charge in [-0.3, -0.25) is 4.79 Å². The van der Waals surface area contributed by atoms with E-state index in [1.165, 1.54) is 6.08 Å². The number of nitriles is 1. The first-order chi connectivity index (χ1) is 15.5. The summed E-state index contributed by atoms with van der Waals surface area (Å²) in [6, 6.07) is 21.9. The quantitative estimate of drug-likeness (QED) is 0.272. The Balaban J connectivity index is 1.83. The van der Waals surface area contributed by atoms with Gasteiger partial charge in [0, 0.05) is 10.7 Å². The van der Waals surface area contributed by atoms with E-state index < -0.39 is 5.91 Å². The van der Waals surface area contributed by atoms with Crippen LogP contribution in [0.4, 0.5) is 5.69 Å². The van der Waals surface area contributed by atoms with Gasteiger partial charge < -0.3 is 14.8 Å². The summed E-state index contributed by atoms with van der Waals surface area (Å²) in [7, 11) is 0. The average molecular weight is 512 g/mol. The van der Waals surface area contributed by atoms with Gasteiger partial charge in [0.1, 0.15) is 18.2 Å². The minimum Gasteiger partial charge on any atom is -0.490 e. The minimum atomic E-state index is -0.520. The molecule has 5 nitrogen and oxygen atoms in total. The number of hydrogen-bond donors (Lipinski definition) is 1. The number of amides is 1. The Labute approximate surface area is 200 Å². The predicted molar refractivity (Wildman–Crippen MR) is 130 cm³/mol. The Morgan fingerprint density at radius 2 is 1.84 bits per heavy atom. The van der Waals surface area contributed by atoms with Gasteiger partial charge >= 0.3 is 0 Å². The molecule has 1 amide bonds. The molecule has 3 aromatic carbocycles. The molecule has 0 atom stereocenters. The Kier molecular flexibility index (Phi) is 8.32. The number of carbonyl (C=O) groups excluding carboxylic acids is 1. The molecule has 0 heterocycles. The van der Waals surface area contributed by atoms with Crippen molar-refractivity contribution in [2.45, 2.75) is 13.5 Å². The summed E-state index contributed by atoms with van der Waals surface area (Å²) in [5, 5.41) is 12.8. The summed E-state index contributed by atoms with van der Waals surface area (Å²) in [6.07, 6.45) is 1.50. The van der Waals surface area contributed by atoms with E-state index in [-0.39, 0.29) is 5.57 Å². The minimum absolute atomic E-state index is 0.0488. The lowest BCUT2D eigenvalue weighted by Crippen LogP contribution is -2.13. The van der Waals surface area contributed by atoms with Gasteiger partial charge in [-0.25, -0.2) is 0 Å². The van der Waals surface area contributed by atoms with Crippen molar-refractivity contribution in [2.24, 2.45) is 0 Å². The van der Waals surface area contributed by atoms with E-state index in [4.69, 9.17) is 21.1 Å². The van der Waals surface area contributed by atoms with Crippen LogP contribution in [0.1, 0.15) is 18.1 Å². The van der Waals surface area contributed by atoms with E-state index >= 15 is 0 Å². The first-order valence-electron chi connectivity index (χ1n) is 9.82. The molecule has 0 unspecified atom stereocenters. The van der Waals surface area contributed by atoms with Crippen molar-refractivity contribution < 1.29 is 14.3 Å². The number of ether oxygens (including phenoxy) is 2. The van der Waals surface area contributed by atoms with Crippen molar-refractivity contribution in [3.8, 4) is 17.6 Å². The smallest absolute Gasteiger partial charge is 0.266 e. The number of nitrogens with zero attached hydrogens (tertiary/aromatic N) is 1. The highest BCUT2D eigenvalue weighted by molar-refractivity contribution is 9.10. The number of carbonyl (C=O) groups is 1. The number of benzene rings is 3. The highest BCUT2D eigenvalue weighted by Crippen LogP contribution is 2.38. The van der Waals surface area contributed by atoms with Crippen LogP contribution in [0.5, 0.6) is 11.5 Å². The van der Waals surface area contributed by atoms with Crippen molar-refractivity contribution in [3.05, 3.63) is 92.9 Å². The topological polar surface area (TPSA) is 71.3 Å². The molecule has 3 rings (SSSR count). The van der Waals surface area contributed by atoms with Gasteiger partial charge in [-0.1, -0.05) is 41.9 Å². The lowest BCUT2D eigenvalue weighted by molar-refractivity contribution is -0.112. The number of nitrogens with one attached hydrogen (secondary N) is 1. The van der Waals surface area contributed by atoms with E-state index in [2.05, 4.69) is 21.2 Å². The normalized spacial score (nSPS) is 10.9. The molecule has 162 valence electrons. The van der Waals surface area contributed by atoms with Crippen LogP contribution in [-0.4, -0.2) is 12.5 Å². The van der Waals surface area contributed by atoms with Gasteiger partial charge in [0.15, 0.2) is 11.5 Å². The van der Waals surface area contributed by atoms with Crippen LogP contribution in [-0.2, 0) is 11.4 Å². The molecular formula is C25H20BrClN2O3. The molecule has 32 heavy (non-hydrogen) atoms. The molecule has 0 fully saturated rings. The molecule has 0 aliphatic rings. The maximum Gasteiger partial charge on any atom is 0.266 e. The number of hydrogen-bond acceptors (Lipinski definition) is 4. The zero-order chi connectivity index (χ0) is 22.9. The molecule has 0 aromatic heterocycles. The van der Waals surface area contributed by atoms with Crippen molar-refractivity contribution in [1.82, 2.24) is 0 Å². The van der Waals surface area contributed by atoms with Crippen LogP contribution in [0, 0.1) is 11.3 Å². The van der Waals surface area contributed by atoms with Crippen LogP contribution < -0.4 is 14.8 Å². The Morgan fingerprint density at radius 1 is 1.12 bits per heavy atom. The number of halogens is 2. The Morgan fingerprint density at radius 3 is 2.50 bits per heavy atom. The molecule has 0 bridgehead atoms. The standard InChI is InChI=1S/C25H20BrClN2O3/c1-2-31-23-14-18(13-22(26)24(23)32-16-17-6-4-3-5-7-17)12-19(15-28)25(30)29-21-10-8-20(27)9-11-21/h3-14H,2,16H2,1H3,(H,29,30)/b19-12-. The molecular weight excluding hydrogens is 492 g/mol. The van der Waals surface area contributed by atoms with Crippen molar-refractivity contribution in [2.75, 3.05) is 11.9 Å². The van der Waals surface area contributed by atoms with Gasteiger partial charge in [0.2, 0.25) is 0 Å². The van der Waals surface area contributed by atoms with E-state index in [1.54, 1.807) is 36.4 Å². The zero-order valence-corrected chi connectivity index (χ0v) is 19.6. The molecule has 7 heteroatoms. The fourth-order valence-corrected chi connectivity index (χ4v) is 3.55. The van der Waals surface area contributed by atoms with E-state index in [0.29, 0.717) is 45.5 Å². The molecule has 0 radical (unpaired) electrons. The predicted octanol–water partition coefficient (Wildman–Crippen LogP) is 6.63. The lowest BCUT2D eigenvalue weighted by Gasteiger charge is -2.15. The third-order valence-electron chi connectivity index (χ3n) is 4.34. The molecule has 0 saturated heterocycles. The van der Waals surface area contributed by atoms with Crippen molar-refractivity contribution in [3.63, 3.8) is 0 Å². The lowest BCUT2D eigenvalue weighted by atomic mass is 10.1. The second kappa shape index (κ2) is 11.4. The van der Waals surface area contributed by atoms with Crippen molar-refractivity contribution in [1.29, 1.82) is 5.26 Å². The summed E-state index contributed by atoms with van der Waals surface area (Å²) >= 11 is 9.39. The SMILES string of the molecule is CCOc1cc(/C=C(/C#N)C(=O)Nc2ccc(Cl)cc2)cc(Br)c1OCc1ccccc1. The van der Waals surface area contributed by atoms with Crippen LogP contribution in [0.3, 0.4) is 0 Å².